The molecule has 2 rings (SSSR count). The van der Waals surface area contributed by atoms with Crippen LogP contribution in [0.2, 0.25) is 0 Å². The molecule has 0 aliphatic heterocycles. The van der Waals surface area contributed by atoms with Crippen molar-refractivity contribution in [1.29, 1.82) is 0 Å². The molecule has 0 unspecified atom stereocenters. The molecule has 0 saturated heterocycles. The topological polar surface area (TPSA) is 56.1 Å². The van der Waals surface area contributed by atoms with Crippen molar-refractivity contribution in [3.8, 4) is 0 Å². The third-order valence-electron chi connectivity index (χ3n) is 3.13. The van der Waals surface area contributed by atoms with E-state index in [0.29, 0.717) is 17.6 Å². The number of hydroxylamine groups is 1. The number of hydrogen-bond acceptors (Lipinski definition) is 3. The van der Waals surface area contributed by atoms with Gasteiger partial charge in [-0.25, -0.2) is 19.2 Å². The van der Waals surface area contributed by atoms with Crippen LogP contribution in [0.3, 0.4) is 0 Å². The van der Waals surface area contributed by atoms with Gasteiger partial charge in [-0.15, -0.1) is 0 Å². The molecule has 5 nitrogen and oxygen atoms in total. The standard InChI is InChI=1S/C14H17F2N3O2/c1-4-21-18-14(20)13(8(2)3)19-7-17-11-5-9(15)10(16)6-12(11)19/h5-8,13H,4H2,1-3H3,(H,18,20)/t13-/m1/s1. The molecule has 1 aromatic heterocycles. The fraction of sp³-hybridized carbons (Fsp3) is 0.429. The molecule has 114 valence electrons. The van der Waals surface area contributed by atoms with Crippen LogP contribution in [0.4, 0.5) is 8.78 Å². The van der Waals surface area contributed by atoms with Crippen molar-refractivity contribution in [1.82, 2.24) is 15.0 Å². The molecule has 2 aromatic rings. The summed E-state index contributed by atoms with van der Waals surface area (Å²) in [5, 5.41) is 0. The lowest BCUT2D eigenvalue weighted by Crippen LogP contribution is -2.35. The number of nitrogens with one attached hydrogen (secondary N) is 1. The summed E-state index contributed by atoms with van der Waals surface area (Å²) in [4.78, 5) is 21.1. The van der Waals surface area contributed by atoms with Crippen LogP contribution < -0.4 is 5.48 Å². The van der Waals surface area contributed by atoms with Crippen LogP contribution in [0.25, 0.3) is 11.0 Å². The minimum absolute atomic E-state index is 0.0871. The Labute approximate surface area is 120 Å². The van der Waals surface area contributed by atoms with Crippen LogP contribution in [0.5, 0.6) is 0 Å². The lowest BCUT2D eigenvalue weighted by atomic mass is 10.0. The van der Waals surface area contributed by atoms with Crippen molar-refractivity contribution in [2.24, 2.45) is 5.92 Å². The van der Waals surface area contributed by atoms with Crippen molar-refractivity contribution in [3.05, 3.63) is 30.1 Å². The molecule has 0 bridgehead atoms. The fourth-order valence-corrected chi connectivity index (χ4v) is 2.20. The molecule has 0 aliphatic rings. The van der Waals surface area contributed by atoms with Gasteiger partial charge in [-0.1, -0.05) is 13.8 Å². The van der Waals surface area contributed by atoms with E-state index in [-0.39, 0.29) is 11.8 Å². The molecule has 7 heteroatoms. The van der Waals surface area contributed by atoms with E-state index in [4.69, 9.17) is 4.84 Å². The summed E-state index contributed by atoms with van der Waals surface area (Å²) < 4.78 is 28.2. The molecular formula is C14H17F2N3O2. The Kier molecular flexibility index (Phi) is 4.52. The Morgan fingerprint density at radius 3 is 2.67 bits per heavy atom. The van der Waals surface area contributed by atoms with Gasteiger partial charge in [-0.3, -0.25) is 9.63 Å². The van der Waals surface area contributed by atoms with Gasteiger partial charge in [0, 0.05) is 12.1 Å². The third kappa shape index (κ3) is 3.02. The van der Waals surface area contributed by atoms with Crippen LogP contribution >= 0.6 is 0 Å². The van der Waals surface area contributed by atoms with Crippen LogP contribution in [-0.2, 0) is 9.63 Å². The zero-order valence-corrected chi connectivity index (χ0v) is 12.1. The van der Waals surface area contributed by atoms with Gasteiger partial charge in [0.15, 0.2) is 11.6 Å². The first-order valence-corrected chi connectivity index (χ1v) is 6.69. The maximum absolute atomic E-state index is 13.4. The van der Waals surface area contributed by atoms with Crippen LogP contribution in [-0.4, -0.2) is 22.1 Å². The molecule has 1 atom stereocenters. The number of imidazole rings is 1. The molecule has 1 N–H and O–H groups in total. The highest BCUT2D eigenvalue weighted by Crippen LogP contribution is 2.25. The van der Waals surface area contributed by atoms with Crippen molar-refractivity contribution < 1.29 is 18.4 Å². The second kappa shape index (κ2) is 6.17. The van der Waals surface area contributed by atoms with Gasteiger partial charge in [-0.2, -0.15) is 0 Å². The number of hydrogen-bond donors (Lipinski definition) is 1. The fourth-order valence-electron chi connectivity index (χ4n) is 2.20. The predicted octanol–water partition coefficient (Wildman–Crippen LogP) is 2.58. The van der Waals surface area contributed by atoms with E-state index in [9.17, 15) is 13.6 Å². The SMILES string of the molecule is CCONC(=O)[C@@H](C(C)C)n1cnc2cc(F)c(F)cc21. The van der Waals surface area contributed by atoms with Crippen LogP contribution in [0, 0.1) is 17.6 Å². The van der Waals surface area contributed by atoms with E-state index in [1.54, 1.807) is 6.92 Å². The Morgan fingerprint density at radius 2 is 2.05 bits per heavy atom. The third-order valence-corrected chi connectivity index (χ3v) is 3.13. The predicted molar refractivity (Wildman–Crippen MR) is 73.3 cm³/mol. The number of rotatable bonds is 5. The summed E-state index contributed by atoms with van der Waals surface area (Å²) in [6.07, 6.45) is 1.40. The normalized spacial score (nSPS) is 12.9. The lowest BCUT2D eigenvalue weighted by molar-refractivity contribution is -0.137. The van der Waals surface area contributed by atoms with E-state index in [1.807, 2.05) is 13.8 Å². The molecule has 1 amide bonds. The van der Waals surface area contributed by atoms with E-state index in [2.05, 4.69) is 10.5 Å². The lowest BCUT2D eigenvalue weighted by Gasteiger charge is -2.22. The second-order valence-corrected chi connectivity index (χ2v) is 5.00. The van der Waals surface area contributed by atoms with Gasteiger partial charge in [0.05, 0.1) is 24.0 Å². The molecule has 0 fully saturated rings. The van der Waals surface area contributed by atoms with Gasteiger partial charge in [-0.05, 0) is 12.8 Å². The quantitative estimate of drug-likeness (QED) is 0.863. The first kappa shape index (κ1) is 15.4. The molecule has 0 aliphatic carbocycles. The highest BCUT2D eigenvalue weighted by Gasteiger charge is 2.26. The number of carbonyl (C=O) groups is 1. The zero-order valence-electron chi connectivity index (χ0n) is 12.1. The average molecular weight is 297 g/mol. The first-order valence-electron chi connectivity index (χ1n) is 6.69. The minimum Gasteiger partial charge on any atom is -0.317 e. The molecule has 0 radical (unpaired) electrons. The molecule has 1 heterocycles. The van der Waals surface area contributed by atoms with Gasteiger partial charge in [0.25, 0.3) is 5.91 Å². The number of nitrogens with zero attached hydrogens (tertiary/aromatic N) is 2. The van der Waals surface area contributed by atoms with Crippen molar-refractivity contribution >= 4 is 16.9 Å². The highest BCUT2D eigenvalue weighted by atomic mass is 19.2. The van der Waals surface area contributed by atoms with Crippen LogP contribution in [0.1, 0.15) is 26.8 Å². The van der Waals surface area contributed by atoms with Crippen molar-refractivity contribution in [2.45, 2.75) is 26.8 Å². The average Bonchev–Trinajstić information content (AvgIpc) is 2.80. The monoisotopic (exact) mass is 297 g/mol. The Balaban J connectivity index is 2.45. The van der Waals surface area contributed by atoms with Gasteiger partial charge >= 0.3 is 0 Å². The van der Waals surface area contributed by atoms with Gasteiger partial charge in [0.2, 0.25) is 0 Å². The Morgan fingerprint density at radius 1 is 1.38 bits per heavy atom. The van der Waals surface area contributed by atoms with Gasteiger partial charge < -0.3 is 4.57 Å². The van der Waals surface area contributed by atoms with Crippen molar-refractivity contribution in [3.63, 3.8) is 0 Å². The maximum Gasteiger partial charge on any atom is 0.266 e. The summed E-state index contributed by atoms with van der Waals surface area (Å²) in [5.74, 6) is -2.39. The maximum atomic E-state index is 13.4. The van der Waals surface area contributed by atoms with Crippen molar-refractivity contribution in [2.75, 3.05) is 6.61 Å². The number of benzene rings is 1. The number of aromatic nitrogens is 2. The number of amides is 1. The highest BCUT2D eigenvalue weighted by molar-refractivity contribution is 5.83. The Hall–Kier alpha value is -2.02. The summed E-state index contributed by atoms with van der Waals surface area (Å²) >= 11 is 0. The largest absolute Gasteiger partial charge is 0.317 e. The Bertz CT molecular complexity index is 655. The molecule has 1 aromatic carbocycles. The summed E-state index contributed by atoms with van der Waals surface area (Å²) in [6.45, 7) is 5.78. The van der Waals surface area contributed by atoms with Crippen LogP contribution in [0.15, 0.2) is 18.5 Å². The molecule has 0 saturated carbocycles. The number of fused-ring (bicyclic) bond motifs is 1. The van der Waals surface area contributed by atoms with E-state index in [0.717, 1.165) is 12.1 Å². The molecule has 21 heavy (non-hydrogen) atoms. The summed E-state index contributed by atoms with van der Waals surface area (Å²) in [7, 11) is 0. The van der Waals surface area contributed by atoms with E-state index < -0.39 is 17.7 Å². The zero-order chi connectivity index (χ0) is 15.6. The number of halogens is 2. The van der Waals surface area contributed by atoms with E-state index in [1.165, 1.54) is 10.9 Å². The van der Waals surface area contributed by atoms with Gasteiger partial charge in [0.1, 0.15) is 6.04 Å². The smallest absolute Gasteiger partial charge is 0.266 e. The second-order valence-electron chi connectivity index (χ2n) is 5.00. The number of carbonyl (C=O) groups excluding carboxylic acids is 1. The minimum atomic E-state index is -0.975. The summed E-state index contributed by atoms with van der Waals surface area (Å²) in [5.41, 5.74) is 2.99. The molecule has 0 spiro atoms. The first-order chi connectivity index (χ1) is 9.95. The van der Waals surface area contributed by atoms with E-state index >= 15 is 0 Å². The molecular weight excluding hydrogens is 280 g/mol. The summed E-state index contributed by atoms with van der Waals surface area (Å²) in [6, 6.07) is 1.42.